The summed E-state index contributed by atoms with van der Waals surface area (Å²) in [6.07, 6.45) is -14.2. The lowest BCUT2D eigenvalue weighted by molar-refractivity contribution is -0.307. The second kappa shape index (κ2) is 11.3. The molecule has 3 heterocycles. The third kappa shape index (κ3) is 5.49. The number of phenolic OH excluding ortho intramolecular Hbond substituents is 2. The third-order valence-electron chi connectivity index (χ3n) is 6.72. The molecule has 0 unspecified atom stereocenters. The molecule has 40 heavy (non-hydrogen) atoms. The molecule has 2 aliphatic heterocycles. The summed E-state index contributed by atoms with van der Waals surface area (Å²) in [6, 6.07) is 9.31. The highest BCUT2D eigenvalue weighted by Crippen LogP contribution is 2.34. The Bertz CT molecular complexity index is 1390. The molecule has 2 fully saturated rings. The number of rotatable bonds is 6. The molecule has 0 bridgehead atoms. The van der Waals surface area contributed by atoms with Gasteiger partial charge in [0.1, 0.15) is 76.7 Å². The highest BCUT2D eigenvalue weighted by Gasteiger charge is 2.46. The number of aromatic hydroxyl groups is 2. The van der Waals surface area contributed by atoms with E-state index >= 15 is 0 Å². The maximum absolute atomic E-state index is 13.1. The second-order valence-corrected chi connectivity index (χ2v) is 9.55. The molecule has 3 aromatic rings. The molecule has 9 atom stereocenters. The fourth-order valence-electron chi connectivity index (χ4n) is 4.49. The van der Waals surface area contributed by atoms with E-state index in [0.29, 0.717) is 5.56 Å². The van der Waals surface area contributed by atoms with Crippen LogP contribution in [0.15, 0.2) is 51.7 Å². The average molecular weight is 564 g/mol. The molecule has 0 radical (unpaired) electrons. The van der Waals surface area contributed by atoms with Crippen molar-refractivity contribution in [1.82, 2.24) is 0 Å². The summed E-state index contributed by atoms with van der Waals surface area (Å²) in [5.41, 5.74) is -0.169. The molecule has 1 aromatic heterocycles. The minimum atomic E-state index is -1.81. The molecular formula is C26H28O14. The Hall–Kier alpha value is -3.31. The van der Waals surface area contributed by atoms with Gasteiger partial charge < -0.3 is 64.2 Å². The van der Waals surface area contributed by atoms with E-state index in [1.54, 1.807) is 0 Å². The van der Waals surface area contributed by atoms with Crippen molar-refractivity contribution in [2.75, 3.05) is 13.2 Å². The molecule has 0 aliphatic carbocycles. The standard InChI is InChI=1S/C26H28O14/c27-11-3-1-10(2-4-11)15-7-13(29)19-16(38-15)5-12(28)6-17(19)39-26-24(35)22(33)21(32)18(40-26)9-37-25-23(34)20(31)14(30)8-36-25/h1-7,14,18,20-28,30-35H,8-9H2/t14-,18-,20+,21-,22+,23-,24-,25+,26-/m1/s1. The summed E-state index contributed by atoms with van der Waals surface area (Å²) < 4.78 is 27.6. The van der Waals surface area contributed by atoms with Crippen LogP contribution in [0.3, 0.4) is 0 Å². The summed E-state index contributed by atoms with van der Waals surface area (Å²) in [5.74, 6) is -0.454. The first-order valence-corrected chi connectivity index (χ1v) is 12.3. The number of hydrogen-bond acceptors (Lipinski definition) is 14. The Balaban J connectivity index is 1.38. The predicted molar refractivity (Wildman–Crippen MR) is 132 cm³/mol. The molecule has 2 saturated heterocycles. The van der Waals surface area contributed by atoms with Gasteiger partial charge in [-0.3, -0.25) is 4.79 Å². The monoisotopic (exact) mass is 564 g/mol. The smallest absolute Gasteiger partial charge is 0.229 e. The van der Waals surface area contributed by atoms with Gasteiger partial charge in [0.25, 0.3) is 0 Å². The molecule has 8 N–H and O–H groups in total. The first-order chi connectivity index (χ1) is 19.0. The van der Waals surface area contributed by atoms with Gasteiger partial charge in [0, 0.05) is 23.8 Å². The summed E-state index contributed by atoms with van der Waals surface area (Å²) in [6.45, 7) is -0.833. The Morgan fingerprint density at radius 1 is 0.800 bits per heavy atom. The van der Waals surface area contributed by atoms with Crippen molar-refractivity contribution in [2.24, 2.45) is 0 Å². The molecule has 0 saturated carbocycles. The summed E-state index contributed by atoms with van der Waals surface area (Å²) in [7, 11) is 0. The lowest BCUT2D eigenvalue weighted by Gasteiger charge is -2.41. The molecule has 2 aliphatic rings. The van der Waals surface area contributed by atoms with Crippen LogP contribution < -0.4 is 10.2 Å². The number of aliphatic hydroxyl groups excluding tert-OH is 6. The van der Waals surface area contributed by atoms with E-state index in [1.807, 2.05) is 0 Å². The topological polar surface area (TPSA) is 229 Å². The highest BCUT2D eigenvalue weighted by atomic mass is 16.7. The van der Waals surface area contributed by atoms with Crippen molar-refractivity contribution >= 4 is 11.0 Å². The van der Waals surface area contributed by atoms with Gasteiger partial charge in [-0.15, -0.1) is 0 Å². The number of benzene rings is 2. The molecule has 14 heteroatoms. The largest absolute Gasteiger partial charge is 0.508 e. The molecule has 14 nitrogen and oxygen atoms in total. The Kier molecular flexibility index (Phi) is 7.96. The van der Waals surface area contributed by atoms with Gasteiger partial charge >= 0.3 is 0 Å². The van der Waals surface area contributed by atoms with Crippen LogP contribution in [0.4, 0.5) is 0 Å². The van der Waals surface area contributed by atoms with Crippen LogP contribution in [-0.2, 0) is 14.2 Å². The molecular weight excluding hydrogens is 536 g/mol. The van der Waals surface area contributed by atoms with Gasteiger partial charge in [0.2, 0.25) is 6.29 Å². The fourth-order valence-corrected chi connectivity index (χ4v) is 4.49. The Labute approximate surface area is 225 Å². The van der Waals surface area contributed by atoms with E-state index in [1.165, 1.54) is 36.4 Å². The van der Waals surface area contributed by atoms with Crippen molar-refractivity contribution in [1.29, 1.82) is 0 Å². The third-order valence-corrected chi connectivity index (χ3v) is 6.72. The second-order valence-electron chi connectivity index (χ2n) is 9.55. The molecule has 5 rings (SSSR count). The molecule has 216 valence electrons. The van der Waals surface area contributed by atoms with Crippen molar-refractivity contribution in [3.8, 4) is 28.6 Å². The van der Waals surface area contributed by atoms with Gasteiger partial charge in [-0.05, 0) is 24.3 Å². The van der Waals surface area contributed by atoms with E-state index in [-0.39, 0.29) is 40.6 Å². The van der Waals surface area contributed by atoms with E-state index in [0.717, 1.165) is 6.07 Å². The van der Waals surface area contributed by atoms with Crippen LogP contribution in [0.5, 0.6) is 17.2 Å². The van der Waals surface area contributed by atoms with Gasteiger partial charge in [-0.25, -0.2) is 0 Å². The normalized spacial score (nSPS) is 32.7. The molecule has 0 amide bonds. The van der Waals surface area contributed by atoms with E-state index in [9.17, 15) is 45.6 Å². The summed E-state index contributed by atoms with van der Waals surface area (Å²) in [5, 5.41) is 80.5. The van der Waals surface area contributed by atoms with Gasteiger partial charge in [0.05, 0.1) is 13.2 Å². The summed E-state index contributed by atoms with van der Waals surface area (Å²) in [4.78, 5) is 13.1. The first-order valence-electron chi connectivity index (χ1n) is 12.3. The lowest BCUT2D eigenvalue weighted by atomic mass is 9.99. The van der Waals surface area contributed by atoms with Crippen molar-refractivity contribution in [3.63, 3.8) is 0 Å². The SMILES string of the molecule is O=c1cc(-c2ccc(O)cc2)oc2cc(O)cc(O[C@@H]3O[C@H](CO[C@@H]4OC[C@@H](O)[C@H](O)[C@H]4O)[C@@H](O)[C@H](O)[C@H]3O)c12. The lowest BCUT2D eigenvalue weighted by Crippen LogP contribution is -2.61. The van der Waals surface area contributed by atoms with E-state index in [4.69, 9.17) is 23.4 Å². The van der Waals surface area contributed by atoms with E-state index in [2.05, 4.69) is 0 Å². The van der Waals surface area contributed by atoms with Crippen LogP contribution in [0, 0.1) is 0 Å². The number of phenols is 2. The van der Waals surface area contributed by atoms with Gasteiger partial charge in [-0.2, -0.15) is 0 Å². The molecule has 2 aromatic carbocycles. The minimum Gasteiger partial charge on any atom is -0.508 e. The van der Waals surface area contributed by atoms with Gasteiger partial charge in [0.15, 0.2) is 11.7 Å². The maximum atomic E-state index is 13.1. The highest BCUT2D eigenvalue weighted by molar-refractivity contribution is 5.86. The quantitative estimate of drug-likeness (QED) is 0.171. The first kappa shape index (κ1) is 28.2. The van der Waals surface area contributed by atoms with Crippen LogP contribution in [0.1, 0.15) is 0 Å². The predicted octanol–water partition coefficient (Wildman–Crippen LogP) is -1.49. The average Bonchev–Trinajstić information content (AvgIpc) is 2.92. The minimum absolute atomic E-state index is 0.0149. The molecule has 0 spiro atoms. The Morgan fingerprint density at radius 3 is 2.23 bits per heavy atom. The van der Waals surface area contributed by atoms with E-state index < -0.39 is 67.3 Å². The van der Waals surface area contributed by atoms with Crippen LogP contribution >= 0.6 is 0 Å². The number of fused-ring (bicyclic) bond motifs is 1. The zero-order valence-electron chi connectivity index (χ0n) is 20.7. The van der Waals surface area contributed by atoms with Crippen molar-refractivity contribution < 1.29 is 64.2 Å². The summed E-state index contributed by atoms with van der Waals surface area (Å²) >= 11 is 0. The van der Waals surface area contributed by atoms with Crippen LogP contribution in [-0.4, -0.2) is 109 Å². The Morgan fingerprint density at radius 2 is 1.50 bits per heavy atom. The van der Waals surface area contributed by atoms with Gasteiger partial charge in [-0.1, -0.05) is 0 Å². The van der Waals surface area contributed by atoms with Crippen molar-refractivity contribution in [3.05, 3.63) is 52.7 Å². The maximum Gasteiger partial charge on any atom is 0.229 e. The number of hydrogen-bond donors (Lipinski definition) is 8. The fraction of sp³-hybridized carbons (Fsp3) is 0.423. The van der Waals surface area contributed by atoms with Crippen molar-refractivity contribution in [2.45, 2.75) is 55.3 Å². The van der Waals surface area contributed by atoms with Crippen LogP contribution in [0.25, 0.3) is 22.3 Å². The van der Waals surface area contributed by atoms with Crippen LogP contribution in [0.2, 0.25) is 0 Å². The number of aliphatic hydroxyl groups is 6. The zero-order valence-corrected chi connectivity index (χ0v) is 20.7. The number of ether oxygens (including phenoxy) is 4. The zero-order chi connectivity index (χ0) is 28.7.